The summed E-state index contributed by atoms with van der Waals surface area (Å²) in [5.74, 6) is 0.758. The normalized spacial score (nSPS) is 10.6. The van der Waals surface area contributed by atoms with Crippen LogP contribution in [0.1, 0.15) is 0 Å². The first-order chi connectivity index (χ1) is 10.2. The smallest absolute Gasteiger partial charge is 0.144 e. The summed E-state index contributed by atoms with van der Waals surface area (Å²) in [7, 11) is 1.64. The number of ether oxygens (including phenoxy) is 1. The van der Waals surface area contributed by atoms with E-state index in [-0.39, 0.29) is 0 Å². The maximum absolute atomic E-state index is 6.11. The summed E-state index contributed by atoms with van der Waals surface area (Å²) < 4.78 is 8.30. The van der Waals surface area contributed by atoms with Gasteiger partial charge in [-0.1, -0.05) is 24.3 Å². The van der Waals surface area contributed by atoms with Crippen LogP contribution >= 0.6 is 22.6 Å². The number of benzene rings is 2. The summed E-state index contributed by atoms with van der Waals surface area (Å²) in [5.41, 5.74) is 9.40. The Hall–Kier alpha value is -2.02. The minimum Gasteiger partial charge on any atom is -0.494 e. The molecule has 0 aliphatic rings. The molecule has 3 rings (SSSR count). The molecule has 1 aromatic heterocycles. The molecule has 4 nitrogen and oxygen atoms in total. The fraction of sp³-hybridized carbons (Fsp3) is 0.0625. The maximum Gasteiger partial charge on any atom is 0.144 e. The van der Waals surface area contributed by atoms with Crippen LogP contribution in [0, 0.1) is 3.57 Å². The minimum atomic E-state index is 0.641. The highest BCUT2D eigenvalue weighted by molar-refractivity contribution is 14.1. The Labute approximate surface area is 136 Å². The highest BCUT2D eigenvalue weighted by Crippen LogP contribution is 2.28. The second-order valence-electron chi connectivity index (χ2n) is 4.56. The number of halogens is 1. The molecule has 3 aromatic rings. The number of nitrogens with zero attached hydrogens (tertiary/aromatic N) is 2. The van der Waals surface area contributed by atoms with Crippen molar-refractivity contribution >= 4 is 28.3 Å². The monoisotopic (exact) mass is 391 g/mol. The Morgan fingerprint density at radius 2 is 1.81 bits per heavy atom. The number of rotatable bonds is 3. The predicted octanol–water partition coefficient (Wildman–Crippen LogP) is 3.73. The van der Waals surface area contributed by atoms with E-state index < -0.39 is 0 Å². The molecule has 0 spiro atoms. The van der Waals surface area contributed by atoms with E-state index in [2.05, 4.69) is 27.7 Å². The summed E-state index contributed by atoms with van der Waals surface area (Å²) in [6.45, 7) is 0. The van der Waals surface area contributed by atoms with E-state index in [1.807, 2.05) is 54.7 Å². The van der Waals surface area contributed by atoms with Crippen molar-refractivity contribution in [1.82, 2.24) is 9.78 Å². The summed E-state index contributed by atoms with van der Waals surface area (Å²) in [6.07, 6.45) is 1.81. The lowest BCUT2D eigenvalue weighted by Gasteiger charge is -2.07. The molecule has 5 heteroatoms. The topological polar surface area (TPSA) is 53.1 Å². The van der Waals surface area contributed by atoms with Crippen LogP contribution in [0.25, 0.3) is 16.9 Å². The van der Waals surface area contributed by atoms with E-state index in [4.69, 9.17) is 10.5 Å². The van der Waals surface area contributed by atoms with Crippen LogP contribution in [0.2, 0.25) is 0 Å². The Morgan fingerprint density at radius 1 is 1.10 bits per heavy atom. The average Bonchev–Trinajstić information content (AvgIpc) is 2.90. The van der Waals surface area contributed by atoms with Gasteiger partial charge in [-0.25, -0.2) is 4.68 Å². The third kappa shape index (κ3) is 2.73. The van der Waals surface area contributed by atoms with Crippen LogP contribution in [-0.2, 0) is 0 Å². The van der Waals surface area contributed by atoms with Gasteiger partial charge < -0.3 is 10.5 Å². The first kappa shape index (κ1) is 13.9. The van der Waals surface area contributed by atoms with Gasteiger partial charge in [-0.2, -0.15) is 5.10 Å². The van der Waals surface area contributed by atoms with Crippen molar-refractivity contribution in [3.05, 3.63) is 58.3 Å². The van der Waals surface area contributed by atoms with E-state index in [1.165, 1.54) is 3.57 Å². The van der Waals surface area contributed by atoms with E-state index >= 15 is 0 Å². The third-order valence-electron chi connectivity index (χ3n) is 3.19. The first-order valence-corrected chi connectivity index (χ1v) is 7.51. The molecule has 106 valence electrons. The summed E-state index contributed by atoms with van der Waals surface area (Å²) >= 11 is 2.27. The van der Waals surface area contributed by atoms with Gasteiger partial charge in [0.1, 0.15) is 17.1 Å². The molecule has 0 aliphatic heterocycles. The second kappa shape index (κ2) is 5.77. The van der Waals surface area contributed by atoms with Crippen molar-refractivity contribution in [3.63, 3.8) is 0 Å². The zero-order chi connectivity index (χ0) is 14.8. The molecule has 0 saturated carbocycles. The number of hydrogen-bond acceptors (Lipinski definition) is 3. The lowest BCUT2D eigenvalue weighted by atomic mass is 10.1. The lowest BCUT2D eigenvalue weighted by Crippen LogP contribution is -1.98. The zero-order valence-corrected chi connectivity index (χ0v) is 13.6. The van der Waals surface area contributed by atoms with E-state index in [1.54, 1.807) is 11.8 Å². The predicted molar refractivity (Wildman–Crippen MR) is 92.7 cm³/mol. The largest absolute Gasteiger partial charge is 0.494 e. The molecule has 1 heterocycles. The number of para-hydroxylation sites is 2. The summed E-state index contributed by atoms with van der Waals surface area (Å²) in [4.78, 5) is 0. The van der Waals surface area contributed by atoms with Crippen molar-refractivity contribution in [2.75, 3.05) is 12.8 Å². The van der Waals surface area contributed by atoms with Crippen molar-refractivity contribution in [3.8, 4) is 22.7 Å². The lowest BCUT2D eigenvalue weighted by molar-refractivity contribution is 0.412. The van der Waals surface area contributed by atoms with Crippen LogP contribution < -0.4 is 10.5 Å². The summed E-state index contributed by atoms with van der Waals surface area (Å²) in [6, 6.07) is 15.8. The number of nitrogen functional groups attached to an aromatic ring is 1. The average molecular weight is 391 g/mol. The number of aromatic nitrogens is 2. The molecule has 2 aromatic carbocycles. The molecule has 0 bridgehead atoms. The van der Waals surface area contributed by atoms with Gasteiger partial charge in [-0.15, -0.1) is 0 Å². The fourth-order valence-electron chi connectivity index (χ4n) is 2.16. The van der Waals surface area contributed by atoms with Gasteiger partial charge in [0, 0.05) is 9.13 Å². The molecule has 0 fully saturated rings. The quantitative estimate of drug-likeness (QED) is 0.693. The Morgan fingerprint density at radius 3 is 2.52 bits per heavy atom. The molecule has 21 heavy (non-hydrogen) atoms. The molecule has 2 N–H and O–H groups in total. The first-order valence-electron chi connectivity index (χ1n) is 6.43. The van der Waals surface area contributed by atoms with Gasteiger partial charge >= 0.3 is 0 Å². The fourth-order valence-corrected chi connectivity index (χ4v) is 2.52. The third-order valence-corrected chi connectivity index (χ3v) is 3.91. The Kier molecular flexibility index (Phi) is 3.83. The van der Waals surface area contributed by atoms with Gasteiger partial charge in [-0.3, -0.25) is 0 Å². The van der Waals surface area contributed by atoms with Crippen LogP contribution in [0.5, 0.6) is 5.75 Å². The van der Waals surface area contributed by atoms with E-state index in [0.29, 0.717) is 5.69 Å². The molecule has 0 aliphatic carbocycles. The van der Waals surface area contributed by atoms with Crippen molar-refractivity contribution < 1.29 is 4.74 Å². The molecule has 0 unspecified atom stereocenters. The molecule has 0 amide bonds. The number of anilines is 1. The summed E-state index contributed by atoms with van der Waals surface area (Å²) in [5, 5.41) is 4.60. The number of methoxy groups -OCH3 is 1. The van der Waals surface area contributed by atoms with Crippen LogP contribution in [0.15, 0.2) is 54.7 Å². The second-order valence-corrected chi connectivity index (χ2v) is 5.80. The van der Waals surface area contributed by atoms with Gasteiger partial charge in [0.2, 0.25) is 0 Å². The SMILES string of the molecule is COc1ccccc1-n1cc(N)c(-c2ccc(I)cc2)n1. The highest BCUT2D eigenvalue weighted by atomic mass is 127. The van der Waals surface area contributed by atoms with E-state index in [9.17, 15) is 0 Å². The zero-order valence-electron chi connectivity index (χ0n) is 11.5. The van der Waals surface area contributed by atoms with Crippen LogP contribution in [0.3, 0.4) is 0 Å². The van der Waals surface area contributed by atoms with Crippen molar-refractivity contribution in [2.24, 2.45) is 0 Å². The highest BCUT2D eigenvalue weighted by Gasteiger charge is 2.12. The number of hydrogen-bond donors (Lipinski definition) is 1. The number of nitrogens with two attached hydrogens (primary N) is 1. The van der Waals surface area contributed by atoms with Crippen molar-refractivity contribution in [1.29, 1.82) is 0 Å². The van der Waals surface area contributed by atoms with Crippen LogP contribution in [-0.4, -0.2) is 16.9 Å². The van der Waals surface area contributed by atoms with Gasteiger partial charge in [0.25, 0.3) is 0 Å². The van der Waals surface area contributed by atoms with Gasteiger partial charge in [0.05, 0.1) is 19.0 Å². The van der Waals surface area contributed by atoms with Crippen LogP contribution in [0.4, 0.5) is 5.69 Å². The van der Waals surface area contributed by atoms with Crippen molar-refractivity contribution in [2.45, 2.75) is 0 Å². The standard InChI is InChI=1S/C16H14IN3O/c1-21-15-5-3-2-4-14(15)20-10-13(18)16(19-20)11-6-8-12(17)9-7-11/h2-10H,18H2,1H3. The van der Waals surface area contributed by atoms with E-state index in [0.717, 1.165) is 22.7 Å². The molecule has 0 saturated heterocycles. The molecular weight excluding hydrogens is 377 g/mol. The van der Waals surface area contributed by atoms with Gasteiger partial charge in [0.15, 0.2) is 0 Å². The Bertz CT molecular complexity index is 765. The molecular formula is C16H14IN3O. The molecule has 0 atom stereocenters. The molecule has 0 radical (unpaired) electrons. The van der Waals surface area contributed by atoms with Gasteiger partial charge in [-0.05, 0) is 46.9 Å². The maximum atomic E-state index is 6.11. The Balaban J connectivity index is 2.07. The minimum absolute atomic E-state index is 0.641.